The van der Waals surface area contributed by atoms with Crippen LogP contribution in [0.5, 0.6) is 5.75 Å². The van der Waals surface area contributed by atoms with Gasteiger partial charge < -0.3 is 9.47 Å². The van der Waals surface area contributed by atoms with E-state index in [0.29, 0.717) is 18.0 Å². The number of halogens is 1. The van der Waals surface area contributed by atoms with Gasteiger partial charge in [-0.2, -0.15) is 0 Å². The summed E-state index contributed by atoms with van der Waals surface area (Å²) in [4.78, 5) is 9.10. The van der Waals surface area contributed by atoms with Crippen LogP contribution < -0.4 is 4.74 Å². The first-order valence-electron chi connectivity index (χ1n) is 14.5. The summed E-state index contributed by atoms with van der Waals surface area (Å²) in [6.45, 7) is 4.61. The topological polar surface area (TPSA) is 44.2 Å². The van der Waals surface area contributed by atoms with E-state index in [-0.39, 0.29) is 13.4 Å². The van der Waals surface area contributed by atoms with Gasteiger partial charge in [0, 0.05) is 18.0 Å². The van der Waals surface area contributed by atoms with Crippen molar-refractivity contribution in [3.05, 3.63) is 42.2 Å². The zero-order valence-corrected chi connectivity index (χ0v) is 22.9. The second-order valence-electron chi connectivity index (χ2n) is 9.95. The van der Waals surface area contributed by atoms with Gasteiger partial charge in [-0.1, -0.05) is 97.3 Å². The Morgan fingerprint density at radius 1 is 0.722 bits per heavy atom. The minimum absolute atomic E-state index is 0.0558. The Hall–Kier alpha value is -2.01. The number of nitrogens with zero attached hydrogens (tertiary/aromatic N) is 2. The van der Waals surface area contributed by atoms with Gasteiger partial charge in [0.1, 0.15) is 11.9 Å². The fourth-order valence-corrected chi connectivity index (χ4v) is 4.31. The van der Waals surface area contributed by atoms with Crippen molar-refractivity contribution in [2.75, 3.05) is 13.4 Å². The molecule has 0 fully saturated rings. The fraction of sp³-hybridized carbons (Fsp3) is 0.677. The maximum atomic E-state index is 13.9. The van der Waals surface area contributed by atoms with Crippen molar-refractivity contribution in [3.8, 4) is 17.1 Å². The number of benzene rings is 1. The molecule has 0 aliphatic rings. The van der Waals surface area contributed by atoms with Gasteiger partial charge in [0.2, 0.25) is 0 Å². The van der Waals surface area contributed by atoms with Crippen LogP contribution in [0.25, 0.3) is 11.4 Å². The number of aromatic nitrogens is 2. The van der Waals surface area contributed by atoms with E-state index in [2.05, 4.69) is 23.8 Å². The third kappa shape index (κ3) is 13.9. The second kappa shape index (κ2) is 20.1. The number of hydrogen-bond donors (Lipinski definition) is 0. The smallest absolute Gasteiger partial charge is 0.189 e. The molecule has 1 heterocycles. The number of hydrogen-bond acceptors (Lipinski definition) is 4. The minimum Gasteiger partial charge on any atom is -0.468 e. The van der Waals surface area contributed by atoms with E-state index in [1.54, 1.807) is 0 Å². The molecular weight excluding hydrogens is 451 g/mol. The molecule has 1 aromatic carbocycles. The largest absolute Gasteiger partial charge is 0.468 e. The SMILES string of the molecule is CCCCCCCCCCc1cnc(-c2ccc(OCOCC(F)CCCCCCCC)cc2)nc1. The first-order chi connectivity index (χ1) is 17.7. The van der Waals surface area contributed by atoms with Crippen LogP contribution in [0, 0.1) is 0 Å². The maximum absolute atomic E-state index is 13.9. The van der Waals surface area contributed by atoms with E-state index in [4.69, 9.17) is 9.47 Å². The number of ether oxygens (including phenoxy) is 2. The summed E-state index contributed by atoms with van der Waals surface area (Å²) in [6, 6.07) is 7.64. The van der Waals surface area contributed by atoms with Crippen LogP contribution in [0.15, 0.2) is 36.7 Å². The van der Waals surface area contributed by atoms with Crippen molar-refractivity contribution in [2.45, 2.75) is 123 Å². The molecule has 2 aromatic rings. The summed E-state index contributed by atoms with van der Waals surface area (Å²) in [5.74, 6) is 1.41. The second-order valence-corrected chi connectivity index (χ2v) is 9.95. The lowest BCUT2D eigenvalue weighted by atomic mass is 10.1. The molecule has 0 bridgehead atoms. The predicted molar refractivity (Wildman–Crippen MR) is 148 cm³/mol. The van der Waals surface area contributed by atoms with Crippen LogP contribution in [0.2, 0.25) is 0 Å². The molecule has 0 saturated carbocycles. The highest BCUT2D eigenvalue weighted by Crippen LogP contribution is 2.20. The van der Waals surface area contributed by atoms with Gasteiger partial charge in [0.25, 0.3) is 0 Å². The zero-order valence-electron chi connectivity index (χ0n) is 22.9. The van der Waals surface area contributed by atoms with Crippen molar-refractivity contribution >= 4 is 0 Å². The summed E-state index contributed by atoms with van der Waals surface area (Å²) >= 11 is 0. The summed E-state index contributed by atoms with van der Waals surface area (Å²) in [5, 5.41) is 0. The van der Waals surface area contributed by atoms with Crippen LogP contribution >= 0.6 is 0 Å². The Bertz CT molecular complexity index is 767. The normalized spacial score (nSPS) is 12.1. The predicted octanol–water partition coefficient (Wildman–Crippen LogP) is 9.27. The Kier molecular flexibility index (Phi) is 16.9. The molecule has 5 heteroatoms. The maximum Gasteiger partial charge on any atom is 0.189 e. The molecule has 4 nitrogen and oxygen atoms in total. The molecule has 2 rings (SSSR count). The Labute approximate surface area is 219 Å². The standard InChI is InChI=1S/C31H49FN2O2/c1-3-5-7-9-11-12-13-15-17-27-23-33-31(34-24-27)28-19-21-30(22-20-28)36-26-35-25-29(32)18-16-14-10-8-6-4-2/h19-24,29H,3-18,25-26H2,1-2H3. The van der Waals surface area contributed by atoms with Crippen LogP contribution in [-0.2, 0) is 11.2 Å². The molecule has 0 amide bonds. The van der Waals surface area contributed by atoms with E-state index in [9.17, 15) is 4.39 Å². The lowest BCUT2D eigenvalue weighted by molar-refractivity contribution is -0.0110. The van der Waals surface area contributed by atoms with Gasteiger partial charge in [-0.25, -0.2) is 14.4 Å². The van der Waals surface area contributed by atoms with Gasteiger partial charge in [-0.3, -0.25) is 0 Å². The number of rotatable bonds is 22. The molecule has 1 atom stereocenters. The molecule has 202 valence electrons. The van der Waals surface area contributed by atoms with Gasteiger partial charge in [-0.15, -0.1) is 0 Å². The molecule has 36 heavy (non-hydrogen) atoms. The van der Waals surface area contributed by atoms with Crippen molar-refractivity contribution in [3.63, 3.8) is 0 Å². The van der Waals surface area contributed by atoms with E-state index in [1.165, 1.54) is 82.6 Å². The highest BCUT2D eigenvalue weighted by molar-refractivity contribution is 5.55. The molecule has 1 unspecified atom stereocenters. The summed E-state index contributed by atoms with van der Waals surface area (Å²) in [7, 11) is 0. The van der Waals surface area contributed by atoms with Crippen LogP contribution in [-0.4, -0.2) is 29.5 Å². The molecule has 0 spiro atoms. The molecule has 1 aromatic heterocycles. The lowest BCUT2D eigenvalue weighted by Gasteiger charge is -2.11. The Morgan fingerprint density at radius 3 is 1.89 bits per heavy atom. The number of alkyl halides is 1. The molecule has 0 aliphatic heterocycles. The van der Waals surface area contributed by atoms with Crippen molar-refractivity contribution in [2.24, 2.45) is 0 Å². The van der Waals surface area contributed by atoms with Crippen LogP contribution in [0.4, 0.5) is 4.39 Å². The zero-order chi connectivity index (χ0) is 25.7. The lowest BCUT2D eigenvalue weighted by Crippen LogP contribution is -2.13. The van der Waals surface area contributed by atoms with E-state index < -0.39 is 6.17 Å². The van der Waals surface area contributed by atoms with Gasteiger partial charge in [0.15, 0.2) is 12.6 Å². The fourth-order valence-electron chi connectivity index (χ4n) is 4.31. The number of aryl methyl sites for hydroxylation is 1. The Morgan fingerprint density at radius 2 is 1.28 bits per heavy atom. The quantitative estimate of drug-likeness (QED) is 0.119. The molecule has 0 aliphatic carbocycles. The van der Waals surface area contributed by atoms with Gasteiger partial charge >= 0.3 is 0 Å². The van der Waals surface area contributed by atoms with Crippen molar-refractivity contribution in [1.29, 1.82) is 0 Å². The highest BCUT2D eigenvalue weighted by atomic mass is 19.1. The average Bonchev–Trinajstić information content (AvgIpc) is 2.91. The summed E-state index contributed by atoms with van der Waals surface area (Å²) < 4.78 is 24.9. The first-order valence-corrected chi connectivity index (χ1v) is 14.5. The highest BCUT2D eigenvalue weighted by Gasteiger charge is 2.07. The van der Waals surface area contributed by atoms with Gasteiger partial charge in [-0.05, 0) is 49.1 Å². The summed E-state index contributed by atoms with van der Waals surface area (Å²) in [6.07, 6.45) is 22.2. The average molecular weight is 501 g/mol. The number of unbranched alkanes of at least 4 members (excludes halogenated alkanes) is 12. The van der Waals surface area contributed by atoms with Crippen LogP contribution in [0.3, 0.4) is 0 Å². The molecule has 0 radical (unpaired) electrons. The van der Waals surface area contributed by atoms with Crippen LogP contribution in [0.1, 0.15) is 116 Å². The van der Waals surface area contributed by atoms with Crippen molar-refractivity contribution in [1.82, 2.24) is 9.97 Å². The molecular formula is C31H49FN2O2. The third-order valence-corrected chi connectivity index (χ3v) is 6.62. The summed E-state index contributed by atoms with van der Waals surface area (Å²) in [5.41, 5.74) is 2.15. The minimum atomic E-state index is -0.919. The van der Waals surface area contributed by atoms with E-state index in [0.717, 1.165) is 24.8 Å². The Balaban J connectivity index is 1.58. The molecule has 0 saturated heterocycles. The van der Waals surface area contributed by atoms with Crippen molar-refractivity contribution < 1.29 is 13.9 Å². The van der Waals surface area contributed by atoms with E-state index in [1.807, 2.05) is 36.7 Å². The third-order valence-electron chi connectivity index (χ3n) is 6.62. The van der Waals surface area contributed by atoms with Gasteiger partial charge in [0.05, 0.1) is 6.61 Å². The first kappa shape index (κ1) is 30.2. The monoisotopic (exact) mass is 500 g/mol. The molecule has 0 N–H and O–H groups in total. The van der Waals surface area contributed by atoms with E-state index >= 15 is 0 Å².